The van der Waals surface area contributed by atoms with Gasteiger partial charge >= 0.3 is 5.97 Å². The van der Waals surface area contributed by atoms with Gasteiger partial charge in [0.15, 0.2) is 0 Å². The molecule has 2 N–H and O–H groups in total. The van der Waals surface area contributed by atoms with Gasteiger partial charge in [0.1, 0.15) is 0 Å². The third-order valence-corrected chi connectivity index (χ3v) is 4.02. The number of hydrogen-bond acceptors (Lipinski definition) is 3. The van der Waals surface area contributed by atoms with Gasteiger partial charge in [-0.05, 0) is 31.4 Å². The van der Waals surface area contributed by atoms with Crippen LogP contribution in [0.1, 0.15) is 43.8 Å². The number of rotatable bonds is 5. The van der Waals surface area contributed by atoms with Crippen molar-refractivity contribution in [2.24, 2.45) is 0 Å². The topological polar surface area (TPSA) is 60.8 Å². The van der Waals surface area contributed by atoms with E-state index in [0.717, 1.165) is 37.8 Å². The number of carbonyl (C=O) groups is 1. The number of carboxylic acids is 1. The first-order valence-corrected chi connectivity index (χ1v) is 7.35. The molecule has 0 aliphatic carbocycles. The maximum absolute atomic E-state index is 11.0. The molecule has 1 fully saturated rings. The Hall–Kier alpha value is -1.39. The van der Waals surface area contributed by atoms with Gasteiger partial charge in [0.2, 0.25) is 0 Å². The fourth-order valence-corrected chi connectivity index (χ4v) is 2.95. The molecule has 110 valence electrons. The van der Waals surface area contributed by atoms with Gasteiger partial charge < -0.3 is 10.2 Å². The molecule has 2 atom stereocenters. The number of carboxylic acid groups (broad SMARTS) is 1. The highest BCUT2D eigenvalue weighted by molar-refractivity contribution is 5.69. The molecule has 4 nitrogen and oxygen atoms in total. The lowest BCUT2D eigenvalue weighted by Gasteiger charge is -2.30. The van der Waals surface area contributed by atoms with Crippen LogP contribution in [0.2, 0.25) is 0 Å². The van der Waals surface area contributed by atoms with Gasteiger partial charge in [0.25, 0.3) is 0 Å². The zero-order chi connectivity index (χ0) is 14.4. The monoisotopic (exact) mass is 277 g/mol. The van der Waals surface area contributed by atoms with Crippen LogP contribution in [0.5, 0.6) is 0 Å². The van der Waals surface area contributed by atoms with Gasteiger partial charge in [-0.25, -0.2) is 0 Å². The van der Waals surface area contributed by atoms with Gasteiger partial charge in [0.05, 0.1) is 12.6 Å². The van der Waals surface area contributed by atoms with E-state index in [0.29, 0.717) is 6.42 Å². The molecule has 1 aromatic carbocycles. The second kappa shape index (κ2) is 7.41. The molecule has 1 aromatic rings. The average molecular weight is 277 g/mol. The molecule has 4 heteroatoms. The van der Waals surface area contributed by atoms with Gasteiger partial charge in [-0.3, -0.25) is 9.69 Å². The fourth-order valence-electron chi connectivity index (χ4n) is 2.95. The summed E-state index contributed by atoms with van der Waals surface area (Å²) in [6.45, 7) is 0.894. The Morgan fingerprint density at radius 2 is 2.00 bits per heavy atom. The van der Waals surface area contributed by atoms with Crippen LogP contribution in [0.15, 0.2) is 30.3 Å². The molecule has 0 amide bonds. The quantitative estimate of drug-likeness (QED) is 0.868. The molecule has 1 aliphatic heterocycles. The van der Waals surface area contributed by atoms with E-state index in [2.05, 4.69) is 0 Å². The van der Waals surface area contributed by atoms with Crippen LogP contribution in [0.4, 0.5) is 0 Å². The van der Waals surface area contributed by atoms with Crippen molar-refractivity contribution in [1.29, 1.82) is 0 Å². The molecule has 0 unspecified atom stereocenters. The second-order valence-corrected chi connectivity index (χ2v) is 5.53. The fraction of sp³-hybridized carbons (Fsp3) is 0.562. The Morgan fingerprint density at radius 1 is 1.25 bits per heavy atom. The maximum atomic E-state index is 11.0. The summed E-state index contributed by atoms with van der Waals surface area (Å²) in [5.74, 6) is -0.786. The van der Waals surface area contributed by atoms with Crippen LogP contribution >= 0.6 is 0 Å². The van der Waals surface area contributed by atoms with Crippen LogP contribution in [-0.4, -0.2) is 40.2 Å². The van der Waals surface area contributed by atoms with Gasteiger partial charge in [-0.15, -0.1) is 0 Å². The van der Waals surface area contributed by atoms with Gasteiger partial charge in [0, 0.05) is 6.04 Å². The van der Waals surface area contributed by atoms with Crippen molar-refractivity contribution in [1.82, 2.24) is 4.90 Å². The van der Waals surface area contributed by atoms with Gasteiger partial charge in [-0.2, -0.15) is 0 Å². The van der Waals surface area contributed by atoms with E-state index in [1.54, 1.807) is 0 Å². The molecule has 0 spiro atoms. The molecule has 0 bridgehead atoms. The predicted octanol–water partition coefficient (Wildman–Crippen LogP) is 2.44. The summed E-state index contributed by atoms with van der Waals surface area (Å²) in [5.41, 5.74) is 0.909. The summed E-state index contributed by atoms with van der Waals surface area (Å²) >= 11 is 0. The molecule has 0 aromatic heterocycles. The van der Waals surface area contributed by atoms with Crippen molar-refractivity contribution in [3.8, 4) is 0 Å². The highest BCUT2D eigenvalue weighted by Gasteiger charge is 2.25. The third-order valence-electron chi connectivity index (χ3n) is 4.02. The van der Waals surface area contributed by atoms with Crippen LogP contribution < -0.4 is 0 Å². The Balaban J connectivity index is 2.01. The number of aliphatic carboxylic acids is 1. The first-order chi connectivity index (χ1) is 9.66. The van der Waals surface area contributed by atoms with Crippen molar-refractivity contribution in [2.75, 3.05) is 13.1 Å². The van der Waals surface area contributed by atoms with E-state index in [9.17, 15) is 9.90 Å². The minimum atomic E-state index is -0.786. The number of aliphatic hydroxyl groups is 1. The largest absolute Gasteiger partial charge is 0.480 e. The van der Waals surface area contributed by atoms with Crippen molar-refractivity contribution in [2.45, 2.75) is 44.2 Å². The first-order valence-electron chi connectivity index (χ1n) is 7.35. The minimum absolute atomic E-state index is 0.0756. The van der Waals surface area contributed by atoms with E-state index in [1.807, 2.05) is 35.2 Å². The number of nitrogens with zero attached hydrogens (tertiary/aromatic N) is 1. The van der Waals surface area contributed by atoms with Crippen LogP contribution in [0, 0.1) is 0 Å². The number of aliphatic hydroxyl groups excluding tert-OH is 1. The Labute approximate surface area is 120 Å². The summed E-state index contributed by atoms with van der Waals surface area (Å²) in [6, 6.07) is 9.76. The Bertz CT molecular complexity index is 421. The summed E-state index contributed by atoms with van der Waals surface area (Å²) < 4.78 is 0. The lowest BCUT2D eigenvalue weighted by atomic mass is 9.98. The zero-order valence-electron chi connectivity index (χ0n) is 11.7. The van der Waals surface area contributed by atoms with Crippen LogP contribution in [0.3, 0.4) is 0 Å². The summed E-state index contributed by atoms with van der Waals surface area (Å²) in [7, 11) is 0. The molecule has 1 aliphatic rings. The predicted molar refractivity (Wildman–Crippen MR) is 77.5 cm³/mol. The number of benzene rings is 1. The first kappa shape index (κ1) is 15.0. The third kappa shape index (κ3) is 4.32. The second-order valence-electron chi connectivity index (χ2n) is 5.53. The summed E-state index contributed by atoms with van der Waals surface area (Å²) in [4.78, 5) is 13.0. The van der Waals surface area contributed by atoms with Crippen LogP contribution in [0.25, 0.3) is 0 Å². The summed E-state index contributed by atoms with van der Waals surface area (Å²) in [6.07, 6.45) is 4.37. The normalized spacial score (nSPS) is 22.1. The Morgan fingerprint density at radius 3 is 2.70 bits per heavy atom. The molecular weight excluding hydrogens is 254 g/mol. The minimum Gasteiger partial charge on any atom is -0.480 e. The lowest BCUT2D eigenvalue weighted by Crippen LogP contribution is -2.39. The highest BCUT2D eigenvalue weighted by Crippen LogP contribution is 2.26. The lowest BCUT2D eigenvalue weighted by molar-refractivity contribution is -0.139. The van der Waals surface area contributed by atoms with Crippen molar-refractivity contribution < 1.29 is 15.0 Å². The van der Waals surface area contributed by atoms with Crippen molar-refractivity contribution >= 4 is 5.97 Å². The van der Waals surface area contributed by atoms with E-state index in [1.165, 1.54) is 0 Å². The van der Waals surface area contributed by atoms with E-state index in [4.69, 9.17) is 5.11 Å². The molecule has 20 heavy (non-hydrogen) atoms. The molecule has 0 radical (unpaired) electrons. The number of likely N-dealkylation sites (tertiary alicyclic amines) is 1. The Kier molecular flexibility index (Phi) is 5.56. The van der Waals surface area contributed by atoms with E-state index < -0.39 is 12.1 Å². The molecular formula is C16H23NO3. The van der Waals surface area contributed by atoms with Crippen molar-refractivity contribution in [3.05, 3.63) is 35.9 Å². The van der Waals surface area contributed by atoms with Crippen LogP contribution in [-0.2, 0) is 4.79 Å². The summed E-state index contributed by atoms with van der Waals surface area (Å²) in [5, 5.41) is 19.4. The van der Waals surface area contributed by atoms with Crippen molar-refractivity contribution in [3.63, 3.8) is 0 Å². The SMILES string of the molecule is O=C(O)CN1CCCCC[C@H]1C[C@@H](O)c1ccccc1. The maximum Gasteiger partial charge on any atom is 0.317 e. The number of hydrogen-bond donors (Lipinski definition) is 2. The van der Waals surface area contributed by atoms with E-state index >= 15 is 0 Å². The van der Waals surface area contributed by atoms with Gasteiger partial charge in [-0.1, -0.05) is 43.2 Å². The molecule has 2 rings (SSSR count). The molecule has 0 saturated carbocycles. The highest BCUT2D eigenvalue weighted by atomic mass is 16.4. The zero-order valence-corrected chi connectivity index (χ0v) is 11.7. The average Bonchev–Trinajstić information content (AvgIpc) is 2.65. The molecule has 1 saturated heterocycles. The smallest absolute Gasteiger partial charge is 0.317 e. The standard InChI is InChI=1S/C16H23NO3/c18-15(13-7-3-1-4-8-13)11-14-9-5-2-6-10-17(14)12-16(19)20/h1,3-4,7-8,14-15,18H,2,5-6,9-12H2,(H,19,20)/t14-,15+/m0/s1. The van der Waals surface area contributed by atoms with E-state index in [-0.39, 0.29) is 12.6 Å². The molecule has 1 heterocycles.